The number of nitrogens with one attached hydrogen (secondary N) is 3. The predicted octanol–water partition coefficient (Wildman–Crippen LogP) is 0.0966. The molecule has 0 saturated carbocycles. The first-order chi connectivity index (χ1) is 16.2. The third-order valence-corrected chi connectivity index (χ3v) is 7.15. The van der Waals surface area contributed by atoms with E-state index >= 15 is 4.39 Å². The molecular weight excluding hydrogens is 463 g/mol. The van der Waals surface area contributed by atoms with Crippen molar-refractivity contribution in [2.24, 2.45) is 5.73 Å². The summed E-state index contributed by atoms with van der Waals surface area (Å²) in [6, 6.07) is 2.69. The number of nitrogens with zero attached hydrogens (tertiary/aromatic N) is 3. The standard InChI is InChI=1S/C21H27FN8O3S/c1-25-21(19(24)33)2-5-29(6-3-21)17-13(22)8-12(23)9-14(17)27-18(32)15-11-34-20(28-15)30-7-4-26-16(31)10-30/h8-9,11,25H,2-7,10,23H2,1H3,(H2,24,33)(H,26,31)(H,27,32). The number of rotatable bonds is 6. The van der Waals surface area contributed by atoms with Crippen molar-refractivity contribution in [2.45, 2.75) is 18.4 Å². The van der Waals surface area contributed by atoms with E-state index in [1.807, 2.05) is 0 Å². The summed E-state index contributed by atoms with van der Waals surface area (Å²) in [6.07, 6.45) is 0.768. The van der Waals surface area contributed by atoms with E-state index in [1.54, 1.807) is 22.2 Å². The average Bonchev–Trinajstić information content (AvgIpc) is 3.29. The minimum Gasteiger partial charge on any atom is -0.399 e. The lowest BCUT2D eigenvalue weighted by Gasteiger charge is -2.41. The van der Waals surface area contributed by atoms with Gasteiger partial charge >= 0.3 is 0 Å². The van der Waals surface area contributed by atoms with Crippen LogP contribution in [0, 0.1) is 5.82 Å². The number of nitrogen functional groups attached to an aromatic ring is 1. The average molecular weight is 491 g/mol. The van der Waals surface area contributed by atoms with Crippen LogP contribution in [0.4, 0.5) is 26.6 Å². The maximum atomic E-state index is 15.0. The van der Waals surface area contributed by atoms with Crippen LogP contribution in [0.15, 0.2) is 17.5 Å². The van der Waals surface area contributed by atoms with Crippen molar-refractivity contribution in [1.82, 2.24) is 15.6 Å². The second-order valence-electron chi connectivity index (χ2n) is 8.32. The van der Waals surface area contributed by atoms with E-state index < -0.39 is 23.2 Å². The second-order valence-corrected chi connectivity index (χ2v) is 9.16. The second kappa shape index (κ2) is 9.43. The van der Waals surface area contributed by atoms with E-state index in [1.165, 1.54) is 23.5 Å². The van der Waals surface area contributed by atoms with Crippen LogP contribution < -0.4 is 37.2 Å². The van der Waals surface area contributed by atoms with Gasteiger partial charge in [-0.25, -0.2) is 9.37 Å². The minimum atomic E-state index is -0.855. The zero-order chi connectivity index (χ0) is 24.5. The lowest BCUT2D eigenvalue weighted by molar-refractivity contribution is -0.125. The van der Waals surface area contributed by atoms with Crippen LogP contribution in [0.3, 0.4) is 0 Å². The summed E-state index contributed by atoms with van der Waals surface area (Å²) >= 11 is 1.25. The Morgan fingerprint density at radius 3 is 2.62 bits per heavy atom. The van der Waals surface area contributed by atoms with Gasteiger partial charge in [0.25, 0.3) is 5.91 Å². The highest BCUT2D eigenvalue weighted by molar-refractivity contribution is 7.14. The fourth-order valence-electron chi connectivity index (χ4n) is 4.27. The number of carbonyl (C=O) groups excluding carboxylic acids is 3. The number of carbonyl (C=O) groups is 3. The van der Waals surface area contributed by atoms with E-state index in [2.05, 4.69) is 20.9 Å². The summed E-state index contributed by atoms with van der Waals surface area (Å²) in [5, 5.41) is 10.6. The maximum Gasteiger partial charge on any atom is 0.275 e. The predicted molar refractivity (Wildman–Crippen MR) is 129 cm³/mol. The Bertz CT molecular complexity index is 1120. The number of hydrogen-bond donors (Lipinski definition) is 5. The van der Waals surface area contributed by atoms with Crippen molar-refractivity contribution in [3.8, 4) is 0 Å². The molecule has 2 aromatic rings. The number of amides is 3. The van der Waals surface area contributed by atoms with Gasteiger partial charge in [0.1, 0.15) is 11.2 Å². The quantitative estimate of drug-likeness (QED) is 0.357. The van der Waals surface area contributed by atoms with Crippen molar-refractivity contribution in [3.05, 3.63) is 29.0 Å². The third kappa shape index (κ3) is 4.61. The Morgan fingerprint density at radius 1 is 1.24 bits per heavy atom. The molecule has 7 N–H and O–H groups in total. The van der Waals surface area contributed by atoms with Gasteiger partial charge in [-0.05, 0) is 32.0 Å². The van der Waals surface area contributed by atoms with Crippen LogP contribution in [0.1, 0.15) is 23.3 Å². The Hall–Kier alpha value is -3.45. The summed E-state index contributed by atoms with van der Waals surface area (Å²) in [4.78, 5) is 44.4. The first-order valence-corrected chi connectivity index (χ1v) is 11.7. The summed E-state index contributed by atoms with van der Waals surface area (Å²) in [5.74, 6) is -1.66. The first kappa shape index (κ1) is 23.7. The fourth-order valence-corrected chi connectivity index (χ4v) is 5.10. The molecule has 3 heterocycles. The van der Waals surface area contributed by atoms with Crippen molar-refractivity contribution in [2.75, 3.05) is 60.6 Å². The molecule has 13 heteroatoms. The number of piperidine rings is 1. The zero-order valence-corrected chi connectivity index (χ0v) is 19.5. The number of piperazine rings is 1. The van der Waals surface area contributed by atoms with Crippen molar-refractivity contribution in [3.63, 3.8) is 0 Å². The molecule has 4 rings (SSSR count). The van der Waals surface area contributed by atoms with Gasteiger partial charge in [-0.3, -0.25) is 14.4 Å². The summed E-state index contributed by atoms with van der Waals surface area (Å²) in [6.45, 7) is 1.98. The number of likely N-dealkylation sites (N-methyl/N-ethyl adjacent to an activating group) is 1. The van der Waals surface area contributed by atoms with Gasteiger partial charge in [0, 0.05) is 37.2 Å². The number of thiazole rings is 1. The van der Waals surface area contributed by atoms with Gasteiger partial charge in [-0.2, -0.15) is 0 Å². The fraction of sp³-hybridized carbons (Fsp3) is 0.429. The molecule has 1 aromatic heterocycles. The van der Waals surface area contributed by atoms with E-state index in [0.717, 1.165) is 0 Å². The van der Waals surface area contributed by atoms with E-state index in [9.17, 15) is 14.4 Å². The third-order valence-electron chi connectivity index (χ3n) is 6.25. The van der Waals surface area contributed by atoms with Crippen LogP contribution in [-0.4, -0.2) is 68.0 Å². The molecule has 0 spiro atoms. The summed E-state index contributed by atoms with van der Waals surface area (Å²) < 4.78 is 15.0. The number of hydrogen-bond acceptors (Lipinski definition) is 9. The highest BCUT2D eigenvalue weighted by Crippen LogP contribution is 2.36. The molecule has 0 unspecified atom stereocenters. The van der Waals surface area contributed by atoms with E-state index in [0.29, 0.717) is 44.2 Å². The monoisotopic (exact) mass is 490 g/mol. The van der Waals surface area contributed by atoms with Crippen LogP contribution in [-0.2, 0) is 9.59 Å². The molecule has 2 fully saturated rings. The highest BCUT2D eigenvalue weighted by atomic mass is 32.1. The van der Waals surface area contributed by atoms with Gasteiger partial charge in [0.2, 0.25) is 11.8 Å². The number of anilines is 4. The number of benzene rings is 1. The molecule has 182 valence electrons. The Morgan fingerprint density at radius 2 is 1.97 bits per heavy atom. The number of aromatic nitrogens is 1. The number of primary amides is 1. The van der Waals surface area contributed by atoms with Crippen LogP contribution in [0.2, 0.25) is 0 Å². The largest absolute Gasteiger partial charge is 0.399 e. The van der Waals surface area contributed by atoms with Crippen LogP contribution in [0.5, 0.6) is 0 Å². The van der Waals surface area contributed by atoms with Gasteiger partial charge in [-0.1, -0.05) is 0 Å². The van der Waals surface area contributed by atoms with E-state index in [4.69, 9.17) is 11.5 Å². The first-order valence-electron chi connectivity index (χ1n) is 10.8. The van der Waals surface area contributed by atoms with Crippen LogP contribution in [0.25, 0.3) is 0 Å². The molecule has 0 aliphatic carbocycles. The summed E-state index contributed by atoms with van der Waals surface area (Å²) in [7, 11) is 1.67. The molecule has 2 saturated heterocycles. The molecule has 0 bridgehead atoms. The van der Waals surface area contributed by atoms with Gasteiger partial charge < -0.3 is 37.2 Å². The smallest absolute Gasteiger partial charge is 0.275 e. The van der Waals surface area contributed by atoms with Crippen molar-refractivity contribution >= 4 is 51.3 Å². The minimum absolute atomic E-state index is 0.104. The van der Waals surface area contributed by atoms with Crippen molar-refractivity contribution < 1.29 is 18.8 Å². The SMILES string of the molecule is CNC1(C(N)=O)CCN(c2c(F)cc(N)cc2NC(=O)c2csc(N3CCNC(=O)C3)n2)CC1. The molecule has 11 nitrogen and oxygen atoms in total. The Labute approximate surface area is 199 Å². The van der Waals surface area contributed by atoms with Gasteiger partial charge in [-0.15, -0.1) is 11.3 Å². The molecular formula is C21H27FN8O3S. The molecule has 2 aliphatic heterocycles. The Kier molecular flexibility index (Phi) is 6.57. The molecule has 1 aromatic carbocycles. The van der Waals surface area contributed by atoms with Gasteiger partial charge in [0.15, 0.2) is 10.9 Å². The molecule has 3 amide bonds. The van der Waals surface area contributed by atoms with E-state index in [-0.39, 0.29) is 35.2 Å². The van der Waals surface area contributed by atoms with Crippen LogP contribution >= 0.6 is 11.3 Å². The molecule has 2 aliphatic rings. The van der Waals surface area contributed by atoms with Gasteiger partial charge in [0.05, 0.1) is 17.9 Å². The normalized spacial score (nSPS) is 17.9. The lowest BCUT2D eigenvalue weighted by atomic mass is 9.86. The topological polar surface area (TPSA) is 159 Å². The maximum absolute atomic E-state index is 15.0. The molecule has 0 radical (unpaired) electrons. The summed E-state index contributed by atoms with van der Waals surface area (Å²) in [5.41, 5.74) is 11.3. The number of nitrogens with two attached hydrogens (primary N) is 2. The van der Waals surface area contributed by atoms with Crippen molar-refractivity contribution in [1.29, 1.82) is 0 Å². The number of halogens is 1. The molecule has 0 atom stereocenters. The highest BCUT2D eigenvalue weighted by Gasteiger charge is 2.39. The Balaban J connectivity index is 1.53. The zero-order valence-electron chi connectivity index (χ0n) is 18.7. The molecule has 34 heavy (non-hydrogen) atoms. The lowest BCUT2D eigenvalue weighted by Crippen LogP contribution is -2.59.